The molecule has 1 atom stereocenters. The predicted octanol–water partition coefficient (Wildman–Crippen LogP) is 6.95. The summed E-state index contributed by atoms with van der Waals surface area (Å²) < 4.78 is 42.5. The van der Waals surface area contributed by atoms with Crippen molar-refractivity contribution in [2.45, 2.75) is 25.5 Å². The number of hydrogen-bond acceptors (Lipinski definition) is 5. The molecule has 5 nitrogen and oxygen atoms in total. The molecule has 0 unspecified atom stereocenters. The van der Waals surface area contributed by atoms with Crippen molar-refractivity contribution in [1.82, 2.24) is 4.57 Å². The maximum absolute atomic E-state index is 14.2. The number of benzene rings is 4. The van der Waals surface area contributed by atoms with Crippen LogP contribution in [0.4, 0.5) is 8.78 Å². The van der Waals surface area contributed by atoms with E-state index in [1.165, 1.54) is 42.2 Å². The molecule has 1 aromatic heterocycles. The number of thiazole rings is 1. The van der Waals surface area contributed by atoms with Crippen molar-refractivity contribution in [3.05, 3.63) is 154 Å². The van der Waals surface area contributed by atoms with Crippen molar-refractivity contribution in [2.24, 2.45) is 4.99 Å². The van der Waals surface area contributed by atoms with Gasteiger partial charge in [0.2, 0.25) is 0 Å². The molecule has 7 rings (SSSR count). The van der Waals surface area contributed by atoms with Gasteiger partial charge >= 0.3 is 0 Å². The van der Waals surface area contributed by atoms with Crippen LogP contribution in [0.1, 0.15) is 40.3 Å². The summed E-state index contributed by atoms with van der Waals surface area (Å²) in [5.74, 6) is 0.187. The van der Waals surface area contributed by atoms with Gasteiger partial charge in [-0.25, -0.2) is 13.8 Å². The lowest BCUT2D eigenvalue weighted by atomic mass is 9.83. The highest BCUT2D eigenvalue weighted by Gasteiger charge is 2.32. The van der Waals surface area contributed by atoms with Crippen molar-refractivity contribution in [2.75, 3.05) is 7.11 Å². The maximum atomic E-state index is 14.2. The highest BCUT2D eigenvalue weighted by Crippen LogP contribution is 2.41. The molecule has 9 heteroatoms. The molecule has 0 saturated carbocycles. The fraction of sp³-hybridized carbons (Fsp3) is 0.143. The van der Waals surface area contributed by atoms with Gasteiger partial charge in [-0.05, 0) is 87.4 Å². The van der Waals surface area contributed by atoms with Crippen molar-refractivity contribution in [1.29, 1.82) is 0 Å². The van der Waals surface area contributed by atoms with Crippen LogP contribution in [0.25, 0.3) is 11.8 Å². The standard InChI is InChI=1S/C35H25BrF2N2O3S/c1-42-29-17-20(16-27(36)33(29)43-19-23-7-3-5-9-28(23)38)18-30-34(41)40-32(22-10-13-24(37)14-11-22)26-15-12-21-6-2-4-8-25(21)31(26)39-35(40)44-30/h2-11,13-14,16-18,32H,12,15,19H2,1H3/b30-18+/t32-/m1/s1. The van der Waals surface area contributed by atoms with E-state index in [4.69, 9.17) is 14.5 Å². The van der Waals surface area contributed by atoms with Gasteiger partial charge in [0.25, 0.3) is 5.56 Å². The summed E-state index contributed by atoms with van der Waals surface area (Å²) in [4.78, 5) is 19.7. The number of aromatic nitrogens is 1. The Morgan fingerprint density at radius 3 is 2.59 bits per heavy atom. The van der Waals surface area contributed by atoms with Crippen LogP contribution in [0.5, 0.6) is 11.5 Å². The van der Waals surface area contributed by atoms with Crippen LogP contribution in [-0.2, 0) is 13.0 Å². The van der Waals surface area contributed by atoms with E-state index in [1.807, 2.05) is 18.2 Å². The number of hydrogen-bond donors (Lipinski definition) is 0. The zero-order chi connectivity index (χ0) is 30.4. The summed E-state index contributed by atoms with van der Waals surface area (Å²) in [6.45, 7) is 0.0246. The van der Waals surface area contributed by atoms with E-state index in [0.29, 0.717) is 36.4 Å². The van der Waals surface area contributed by atoms with E-state index < -0.39 is 6.04 Å². The van der Waals surface area contributed by atoms with Crippen LogP contribution in [0.15, 0.2) is 105 Å². The maximum Gasteiger partial charge on any atom is 0.271 e. The second kappa shape index (κ2) is 11.6. The lowest BCUT2D eigenvalue weighted by Gasteiger charge is -2.30. The number of fused-ring (bicyclic) bond motifs is 3. The molecule has 1 aliphatic carbocycles. The Morgan fingerprint density at radius 1 is 1.02 bits per heavy atom. The highest BCUT2D eigenvalue weighted by molar-refractivity contribution is 9.10. The Morgan fingerprint density at radius 2 is 1.80 bits per heavy atom. The van der Waals surface area contributed by atoms with E-state index >= 15 is 0 Å². The van der Waals surface area contributed by atoms with Gasteiger partial charge in [-0.2, -0.15) is 0 Å². The van der Waals surface area contributed by atoms with Crippen LogP contribution in [-0.4, -0.2) is 11.7 Å². The third kappa shape index (κ3) is 5.10. The van der Waals surface area contributed by atoms with Gasteiger partial charge in [-0.3, -0.25) is 9.36 Å². The molecule has 2 heterocycles. The number of aryl methyl sites for hydroxylation is 1. The summed E-state index contributed by atoms with van der Waals surface area (Å²) in [6.07, 6.45) is 3.39. The molecule has 44 heavy (non-hydrogen) atoms. The van der Waals surface area contributed by atoms with Gasteiger partial charge in [0.1, 0.15) is 18.2 Å². The quantitative estimate of drug-likeness (QED) is 0.197. The Balaban J connectivity index is 1.33. The number of halogens is 3. The second-order valence-electron chi connectivity index (χ2n) is 10.6. The highest BCUT2D eigenvalue weighted by atomic mass is 79.9. The van der Waals surface area contributed by atoms with Gasteiger partial charge in [-0.1, -0.05) is 65.9 Å². The molecule has 0 fully saturated rings. The molecule has 2 aliphatic rings. The van der Waals surface area contributed by atoms with Crippen LogP contribution >= 0.6 is 27.3 Å². The Bertz CT molecular complexity index is 2140. The van der Waals surface area contributed by atoms with Crippen molar-refractivity contribution < 1.29 is 18.3 Å². The first-order chi connectivity index (χ1) is 21.4. The number of ether oxygens (including phenoxy) is 2. The molecule has 4 aromatic carbocycles. The fourth-order valence-corrected chi connectivity index (χ4v) is 7.42. The second-order valence-corrected chi connectivity index (χ2v) is 12.4. The van der Waals surface area contributed by atoms with Gasteiger partial charge in [0.15, 0.2) is 16.3 Å². The average molecular weight is 672 g/mol. The first-order valence-electron chi connectivity index (χ1n) is 14.0. The third-order valence-electron chi connectivity index (χ3n) is 7.94. The van der Waals surface area contributed by atoms with Crippen molar-refractivity contribution >= 4 is 39.0 Å². The van der Waals surface area contributed by atoms with Crippen LogP contribution in [0, 0.1) is 11.6 Å². The molecule has 1 aliphatic heterocycles. The minimum atomic E-state index is -0.396. The summed E-state index contributed by atoms with van der Waals surface area (Å²) in [5, 5.41) is 0. The zero-order valence-corrected chi connectivity index (χ0v) is 25.9. The normalized spacial score (nSPS) is 15.7. The zero-order valence-electron chi connectivity index (χ0n) is 23.5. The van der Waals surface area contributed by atoms with E-state index in [9.17, 15) is 13.6 Å². The lowest BCUT2D eigenvalue weighted by molar-refractivity contribution is 0.278. The third-order valence-corrected chi connectivity index (χ3v) is 9.51. The molecular weight excluding hydrogens is 646 g/mol. The lowest BCUT2D eigenvalue weighted by Crippen LogP contribution is -2.38. The topological polar surface area (TPSA) is 52.8 Å². The molecule has 0 bridgehead atoms. The Labute approximate surface area is 264 Å². The molecule has 0 saturated heterocycles. The monoisotopic (exact) mass is 670 g/mol. The van der Waals surface area contributed by atoms with E-state index in [2.05, 4.69) is 28.1 Å². The smallest absolute Gasteiger partial charge is 0.271 e. The minimum Gasteiger partial charge on any atom is -0.493 e. The molecular formula is C35H25BrF2N2O3S. The number of methoxy groups -OCH3 is 1. The van der Waals surface area contributed by atoms with Gasteiger partial charge in [0, 0.05) is 11.1 Å². The molecule has 220 valence electrons. The van der Waals surface area contributed by atoms with Gasteiger partial charge < -0.3 is 9.47 Å². The number of rotatable bonds is 6. The Kier molecular flexibility index (Phi) is 7.52. The number of allylic oxidation sites excluding steroid dienone is 1. The van der Waals surface area contributed by atoms with Crippen molar-refractivity contribution in [3.8, 4) is 11.5 Å². The molecule has 0 N–H and O–H groups in total. The van der Waals surface area contributed by atoms with E-state index in [1.54, 1.807) is 47.0 Å². The average Bonchev–Trinajstić information content (AvgIpc) is 3.34. The Hall–Kier alpha value is -4.34. The largest absolute Gasteiger partial charge is 0.493 e. The minimum absolute atomic E-state index is 0.0246. The SMILES string of the molecule is COc1cc(/C=c2/sc3n(c2=O)[C@H](c2ccc(F)cc2)C2=C(N=3)c3ccccc3CC2)cc(Br)c1OCc1ccccc1F. The number of nitrogens with zero attached hydrogens (tertiary/aromatic N) is 2. The summed E-state index contributed by atoms with van der Waals surface area (Å²) in [6, 6.07) is 24.2. The van der Waals surface area contributed by atoms with Crippen LogP contribution in [0.3, 0.4) is 0 Å². The fourth-order valence-electron chi connectivity index (χ4n) is 5.85. The van der Waals surface area contributed by atoms with Crippen LogP contribution < -0.4 is 24.4 Å². The van der Waals surface area contributed by atoms with Gasteiger partial charge in [-0.15, -0.1) is 0 Å². The summed E-state index contributed by atoms with van der Waals surface area (Å²) >= 11 is 4.88. The van der Waals surface area contributed by atoms with E-state index in [0.717, 1.165) is 35.2 Å². The van der Waals surface area contributed by atoms with E-state index in [-0.39, 0.29) is 23.8 Å². The molecule has 0 spiro atoms. The van der Waals surface area contributed by atoms with Gasteiger partial charge in [0.05, 0.1) is 27.9 Å². The first-order valence-corrected chi connectivity index (χ1v) is 15.6. The van der Waals surface area contributed by atoms with Crippen LogP contribution in [0.2, 0.25) is 0 Å². The summed E-state index contributed by atoms with van der Waals surface area (Å²) in [5.41, 5.74) is 6.02. The molecule has 0 amide bonds. The summed E-state index contributed by atoms with van der Waals surface area (Å²) in [7, 11) is 1.53. The molecule has 0 radical (unpaired) electrons. The first kappa shape index (κ1) is 28.4. The predicted molar refractivity (Wildman–Crippen MR) is 171 cm³/mol. The molecule has 5 aromatic rings. The van der Waals surface area contributed by atoms with Crippen molar-refractivity contribution in [3.63, 3.8) is 0 Å².